The molecule has 8 heteroatoms. The first-order valence-corrected chi connectivity index (χ1v) is 6.67. The number of nitro groups is 1. The highest BCUT2D eigenvalue weighted by Crippen LogP contribution is 2.37. The number of aromatic nitrogens is 2. The molecule has 0 saturated heterocycles. The van der Waals surface area contributed by atoms with Crippen molar-refractivity contribution in [1.82, 2.24) is 9.97 Å². The van der Waals surface area contributed by atoms with Crippen molar-refractivity contribution in [2.24, 2.45) is 0 Å². The van der Waals surface area contributed by atoms with Crippen molar-refractivity contribution in [3.05, 3.63) is 16.4 Å². The van der Waals surface area contributed by atoms with Gasteiger partial charge in [-0.2, -0.15) is 0 Å². The fourth-order valence-electron chi connectivity index (χ4n) is 2.08. The summed E-state index contributed by atoms with van der Waals surface area (Å²) in [5.41, 5.74) is -0.0580. The van der Waals surface area contributed by atoms with E-state index in [1.165, 1.54) is 6.33 Å². The van der Waals surface area contributed by atoms with Gasteiger partial charge in [-0.05, 0) is 19.8 Å². The summed E-state index contributed by atoms with van der Waals surface area (Å²) in [7, 11) is 1.61. The number of methoxy groups -OCH3 is 1. The van der Waals surface area contributed by atoms with Gasteiger partial charge in [0.1, 0.15) is 6.33 Å². The van der Waals surface area contributed by atoms with Crippen LogP contribution in [0.2, 0.25) is 0 Å². The molecule has 0 aromatic carbocycles. The van der Waals surface area contributed by atoms with Gasteiger partial charge in [-0.25, -0.2) is 9.97 Å². The molecule has 0 bridgehead atoms. The minimum absolute atomic E-state index is 0.0580. The second-order valence-electron chi connectivity index (χ2n) is 4.60. The highest BCUT2D eigenvalue weighted by Gasteiger charge is 2.35. The van der Waals surface area contributed by atoms with Gasteiger partial charge in [0.25, 0.3) is 0 Å². The van der Waals surface area contributed by atoms with Gasteiger partial charge in [0.05, 0.1) is 11.5 Å². The molecule has 0 spiro atoms. The first kappa shape index (κ1) is 14.4. The van der Waals surface area contributed by atoms with Crippen molar-refractivity contribution in [2.45, 2.75) is 25.8 Å². The van der Waals surface area contributed by atoms with Crippen LogP contribution in [-0.4, -0.2) is 47.7 Å². The lowest BCUT2D eigenvalue weighted by atomic mass is 10.3. The van der Waals surface area contributed by atoms with Gasteiger partial charge in [0.2, 0.25) is 11.6 Å². The maximum absolute atomic E-state index is 11.4. The number of hydrogen-bond acceptors (Lipinski definition) is 7. The molecule has 1 N–H and O–H groups in total. The van der Waals surface area contributed by atoms with Gasteiger partial charge in [-0.3, -0.25) is 10.1 Å². The van der Waals surface area contributed by atoms with Crippen molar-refractivity contribution in [2.75, 3.05) is 37.0 Å². The molecule has 8 nitrogen and oxygen atoms in total. The van der Waals surface area contributed by atoms with Crippen molar-refractivity contribution < 1.29 is 9.66 Å². The molecule has 0 aliphatic heterocycles. The maximum Gasteiger partial charge on any atom is 0.353 e. The lowest BCUT2D eigenvalue weighted by molar-refractivity contribution is -0.383. The first-order valence-electron chi connectivity index (χ1n) is 6.67. The predicted octanol–water partition coefficient (Wildman–Crippen LogP) is 1.43. The smallest absolute Gasteiger partial charge is 0.353 e. The van der Waals surface area contributed by atoms with Crippen LogP contribution in [-0.2, 0) is 4.74 Å². The average Bonchev–Trinajstić information content (AvgIpc) is 3.24. The SMILES string of the molecule is CCNc1ncnc(N(CCOC)C2CC2)c1[N+](=O)[O-]. The zero-order valence-electron chi connectivity index (χ0n) is 11.7. The molecule has 0 unspecified atom stereocenters. The lowest BCUT2D eigenvalue weighted by Gasteiger charge is -2.23. The normalized spacial score (nSPS) is 14.1. The topological polar surface area (TPSA) is 93.4 Å². The number of ether oxygens (including phenoxy) is 1. The largest absolute Gasteiger partial charge is 0.383 e. The second kappa shape index (κ2) is 6.47. The van der Waals surface area contributed by atoms with Gasteiger partial charge < -0.3 is 15.0 Å². The Morgan fingerprint density at radius 1 is 1.55 bits per heavy atom. The minimum Gasteiger partial charge on any atom is -0.383 e. The molecule has 2 rings (SSSR count). The Balaban J connectivity index is 2.36. The summed E-state index contributed by atoms with van der Waals surface area (Å²) in [6, 6.07) is 0.313. The van der Waals surface area contributed by atoms with Crippen LogP contribution in [0, 0.1) is 10.1 Å². The van der Waals surface area contributed by atoms with E-state index in [1.54, 1.807) is 7.11 Å². The Morgan fingerprint density at radius 2 is 2.30 bits per heavy atom. The van der Waals surface area contributed by atoms with E-state index in [0.717, 1.165) is 12.8 Å². The van der Waals surface area contributed by atoms with E-state index in [9.17, 15) is 10.1 Å². The standard InChI is InChI=1S/C12H19N5O3/c1-3-13-11-10(17(18)19)12(15-8-14-11)16(6-7-20-2)9-4-5-9/h8-9H,3-7H2,1-2H3,(H,13,14,15). The lowest BCUT2D eigenvalue weighted by Crippen LogP contribution is -2.31. The molecule has 1 heterocycles. The third-order valence-corrected chi connectivity index (χ3v) is 3.13. The first-order chi connectivity index (χ1) is 9.69. The molecule has 1 aromatic heterocycles. The molecule has 110 valence electrons. The Kier molecular flexibility index (Phi) is 4.67. The van der Waals surface area contributed by atoms with E-state index in [0.29, 0.717) is 31.6 Å². The Bertz CT molecular complexity index is 478. The fourth-order valence-corrected chi connectivity index (χ4v) is 2.08. The van der Waals surface area contributed by atoms with Crippen molar-refractivity contribution in [3.63, 3.8) is 0 Å². The van der Waals surface area contributed by atoms with Crippen LogP contribution >= 0.6 is 0 Å². The number of nitrogens with one attached hydrogen (secondary N) is 1. The van der Waals surface area contributed by atoms with Crippen LogP contribution in [0.15, 0.2) is 6.33 Å². The zero-order valence-corrected chi connectivity index (χ0v) is 11.7. The van der Waals surface area contributed by atoms with E-state index >= 15 is 0 Å². The van der Waals surface area contributed by atoms with Crippen LogP contribution in [0.5, 0.6) is 0 Å². The summed E-state index contributed by atoms with van der Waals surface area (Å²) in [5, 5.41) is 14.3. The van der Waals surface area contributed by atoms with Gasteiger partial charge in [0.15, 0.2) is 0 Å². The quantitative estimate of drug-likeness (QED) is 0.569. The third-order valence-electron chi connectivity index (χ3n) is 3.13. The molecule has 1 fully saturated rings. The maximum atomic E-state index is 11.4. The zero-order chi connectivity index (χ0) is 14.5. The van der Waals surface area contributed by atoms with Crippen molar-refractivity contribution in [1.29, 1.82) is 0 Å². The van der Waals surface area contributed by atoms with Crippen molar-refractivity contribution >= 4 is 17.3 Å². The van der Waals surface area contributed by atoms with Gasteiger partial charge in [0, 0.05) is 26.2 Å². The summed E-state index contributed by atoms with van der Waals surface area (Å²) in [6.07, 6.45) is 3.42. The van der Waals surface area contributed by atoms with Crippen molar-refractivity contribution in [3.8, 4) is 0 Å². The monoisotopic (exact) mass is 281 g/mol. The van der Waals surface area contributed by atoms with Gasteiger partial charge in [-0.1, -0.05) is 0 Å². The van der Waals surface area contributed by atoms with E-state index in [4.69, 9.17) is 4.74 Å². The van der Waals surface area contributed by atoms with Crippen LogP contribution in [0.1, 0.15) is 19.8 Å². The highest BCUT2D eigenvalue weighted by atomic mass is 16.6. The molecule has 1 saturated carbocycles. The summed E-state index contributed by atoms with van der Waals surface area (Å²) in [6.45, 7) is 3.53. The molecule has 0 atom stereocenters. The van der Waals surface area contributed by atoms with E-state index in [2.05, 4.69) is 15.3 Å². The van der Waals surface area contributed by atoms with Crippen LogP contribution in [0.4, 0.5) is 17.3 Å². The summed E-state index contributed by atoms with van der Waals surface area (Å²) < 4.78 is 5.08. The van der Waals surface area contributed by atoms with E-state index < -0.39 is 4.92 Å². The molecule has 1 aliphatic rings. The summed E-state index contributed by atoms with van der Waals surface area (Å²) >= 11 is 0. The number of hydrogen-bond donors (Lipinski definition) is 1. The summed E-state index contributed by atoms with van der Waals surface area (Å²) in [5.74, 6) is 0.645. The molecular weight excluding hydrogens is 262 g/mol. The molecule has 20 heavy (non-hydrogen) atoms. The Hall–Kier alpha value is -1.96. The third kappa shape index (κ3) is 3.13. The van der Waals surface area contributed by atoms with E-state index in [1.807, 2.05) is 11.8 Å². The number of rotatable bonds is 8. The van der Waals surface area contributed by atoms with E-state index in [-0.39, 0.29) is 11.5 Å². The van der Waals surface area contributed by atoms with Gasteiger partial charge in [-0.15, -0.1) is 0 Å². The molecule has 0 amide bonds. The van der Waals surface area contributed by atoms with Crippen LogP contribution in [0.3, 0.4) is 0 Å². The molecule has 1 aromatic rings. The minimum atomic E-state index is -0.421. The Morgan fingerprint density at radius 3 is 2.85 bits per heavy atom. The molecule has 1 aliphatic carbocycles. The van der Waals surface area contributed by atoms with Crippen LogP contribution < -0.4 is 10.2 Å². The fraction of sp³-hybridized carbons (Fsp3) is 0.667. The molecular formula is C12H19N5O3. The second-order valence-corrected chi connectivity index (χ2v) is 4.60. The molecule has 0 radical (unpaired) electrons. The number of anilines is 2. The summed E-state index contributed by atoms with van der Waals surface area (Å²) in [4.78, 5) is 21.0. The van der Waals surface area contributed by atoms with Crippen LogP contribution in [0.25, 0.3) is 0 Å². The predicted molar refractivity (Wildman–Crippen MR) is 75.1 cm³/mol. The van der Waals surface area contributed by atoms with Gasteiger partial charge >= 0.3 is 5.69 Å². The highest BCUT2D eigenvalue weighted by molar-refractivity contribution is 5.70. The average molecular weight is 281 g/mol. The number of nitrogens with zero attached hydrogens (tertiary/aromatic N) is 4. The Labute approximate surface area is 117 Å².